The Balaban J connectivity index is 1.50. The summed E-state index contributed by atoms with van der Waals surface area (Å²) in [6, 6.07) is 4.94. The molecule has 8 nitrogen and oxygen atoms in total. The average molecular weight is 493 g/mol. The number of piperidine rings is 2. The van der Waals surface area contributed by atoms with Crippen LogP contribution in [0.5, 0.6) is 0 Å². The zero-order chi connectivity index (χ0) is 24.6. The molecule has 0 spiro atoms. The summed E-state index contributed by atoms with van der Waals surface area (Å²) in [4.78, 5) is 27.3. The first-order valence-corrected chi connectivity index (χ1v) is 14.2. The van der Waals surface area contributed by atoms with Crippen molar-refractivity contribution in [2.45, 2.75) is 70.1 Å². The number of nitrogens with one attached hydrogen (secondary N) is 2. The number of rotatable bonds is 10. The standard InChI is InChI=1S/C25H40N4O4S/c1-3-4-6-13-26-25(31)21-11-16-28(17-12-21)19-24(30)27-23-18-22(10-9-20(23)2)34(32,33)29-14-7-5-8-15-29/h9-10,18,21H,3-8,11-17,19H2,1-2H3,(H,26,31)(H,27,30). The van der Waals surface area contributed by atoms with E-state index in [1.54, 1.807) is 18.2 Å². The number of unbranched alkanes of at least 4 members (excludes halogenated alkanes) is 2. The minimum absolute atomic E-state index is 0.0138. The molecule has 0 unspecified atom stereocenters. The van der Waals surface area contributed by atoms with Gasteiger partial charge in [-0.15, -0.1) is 0 Å². The number of anilines is 1. The van der Waals surface area contributed by atoms with Crippen LogP contribution in [0.25, 0.3) is 0 Å². The molecule has 1 aromatic carbocycles. The molecule has 2 saturated heterocycles. The van der Waals surface area contributed by atoms with E-state index in [0.717, 1.165) is 63.5 Å². The second-order valence-electron chi connectivity index (χ2n) is 9.54. The Labute approximate surface area is 204 Å². The van der Waals surface area contributed by atoms with Crippen molar-refractivity contribution < 1.29 is 18.0 Å². The highest BCUT2D eigenvalue weighted by molar-refractivity contribution is 7.89. The Bertz CT molecular complexity index is 936. The molecule has 0 bridgehead atoms. The predicted molar refractivity (Wildman–Crippen MR) is 134 cm³/mol. The summed E-state index contributed by atoms with van der Waals surface area (Å²) in [6.45, 7) is 7.45. The van der Waals surface area contributed by atoms with E-state index in [0.29, 0.717) is 31.9 Å². The third kappa shape index (κ3) is 7.26. The van der Waals surface area contributed by atoms with Crippen LogP contribution in [-0.4, -0.2) is 68.7 Å². The molecule has 0 atom stereocenters. The maximum absolute atomic E-state index is 13.0. The second-order valence-corrected chi connectivity index (χ2v) is 11.5. The molecule has 1 aromatic rings. The smallest absolute Gasteiger partial charge is 0.243 e. The maximum Gasteiger partial charge on any atom is 0.243 e. The fraction of sp³-hybridized carbons (Fsp3) is 0.680. The number of carbonyl (C=O) groups excluding carboxylic acids is 2. The van der Waals surface area contributed by atoms with Crippen LogP contribution < -0.4 is 10.6 Å². The fourth-order valence-corrected chi connectivity index (χ4v) is 6.17. The first kappa shape index (κ1) is 26.6. The Morgan fingerprint density at radius 3 is 2.41 bits per heavy atom. The van der Waals surface area contributed by atoms with Crippen molar-refractivity contribution in [2.24, 2.45) is 5.92 Å². The molecule has 2 amide bonds. The summed E-state index contributed by atoms with van der Waals surface area (Å²) >= 11 is 0. The van der Waals surface area contributed by atoms with E-state index < -0.39 is 10.0 Å². The topological polar surface area (TPSA) is 98.8 Å². The highest BCUT2D eigenvalue weighted by Crippen LogP contribution is 2.25. The lowest BCUT2D eigenvalue weighted by molar-refractivity contribution is -0.126. The molecule has 0 aromatic heterocycles. The van der Waals surface area contributed by atoms with E-state index in [1.807, 2.05) is 6.92 Å². The molecule has 2 heterocycles. The van der Waals surface area contributed by atoms with E-state index in [2.05, 4.69) is 22.5 Å². The number of amides is 2. The molecule has 34 heavy (non-hydrogen) atoms. The van der Waals surface area contributed by atoms with Gasteiger partial charge in [0.05, 0.1) is 11.4 Å². The van der Waals surface area contributed by atoms with Crippen molar-refractivity contribution in [2.75, 3.05) is 44.6 Å². The minimum atomic E-state index is -3.56. The van der Waals surface area contributed by atoms with Crippen LogP contribution in [-0.2, 0) is 19.6 Å². The van der Waals surface area contributed by atoms with Gasteiger partial charge in [0.1, 0.15) is 0 Å². The molecule has 190 valence electrons. The lowest BCUT2D eigenvalue weighted by atomic mass is 9.96. The van der Waals surface area contributed by atoms with Gasteiger partial charge in [-0.2, -0.15) is 4.31 Å². The van der Waals surface area contributed by atoms with E-state index in [1.165, 1.54) is 4.31 Å². The lowest BCUT2D eigenvalue weighted by Gasteiger charge is -2.30. The number of benzene rings is 1. The van der Waals surface area contributed by atoms with Gasteiger partial charge in [0.15, 0.2) is 0 Å². The zero-order valence-corrected chi connectivity index (χ0v) is 21.5. The van der Waals surface area contributed by atoms with Gasteiger partial charge in [-0.3, -0.25) is 14.5 Å². The summed E-state index contributed by atoms with van der Waals surface area (Å²) in [7, 11) is -3.56. The van der Waals surface area contributed by atoms with Crippen molar-refractivity contribution in [3.8, 4) is 0 Å². The quantitative estimate of drug-likeness (QED) is 0.489. The molecule has 9 heteroatoms. The highest BCUT2D eigenvalue weighted by Gasteiger charge is 2.28. The Kier molecular flexibility index (Phi) is 9.91. The summed E-state index contributed by atoms with van der Waals surface area (Å²) in [5.74, 6) is -0.0273. The van der Waals surface area contributed by atoms with Crippen molar-refractivity contribution in [1.29, 1.82) is 0 Å². The summed E-state index contributed by atoms with van der Waals surface area (Å²) < 4.78 is 27.6. The largest absolute Gasteiger partial charge is 0.356 e. The minimum Gasteiger partial charge on any atom is -0.356 e. The number of aryl methyl sites for hydroxylation is 1. The van der Waals surface area contributed by atoms with Crippen molar-refractivity contribution in [1.82, 2.24) is 14.5 Å². The van der Waals surface area contributed by atoms with Crippen molar-refractivity contribution in [3.63, 3.8) is 0 Å². The van der Waals surface area contributed by atoms with Crippen LogP contribution in [0.3, 0.4) is 0 Å². The molecule has 2 aliphatic rings. The Morgan fingerprint density at radius 2 is 1.74 bits per heavy atom. The molecule has 3 rings (SSSR count). The van der Waals surface area contributed by atoms with Gasteiger partial charge in [0.2, 0.25) is 21.8 Å². The Morgan fingerprint density at radius 1 is 1.03 bits per heavy atom. The van der Waals surface area contributed by atoms with Crippen molar-refractivity contribution in [3.05, 3.63) is 23.8 Å². The van der Waals surface area contributed by atoms with E-state index in [-0.39, 0.29) is 29.2 Å². The SMILES string of the molecule is CCCCCNC(=O)C1CCN(CC(=O)Nc2cc(S(=O)(=O)N3CCCCC3)ccc2C)CC1. The molecule has 0 saturated carbocycles. The molecule has 2 fully saturated rings. The lowest BCUT2D eigenvalue weighted by Crippen LogP contribution is -2.43. The molecule has 2 N–H and O–H groups in total. The van der Waals surface area contributed by atoms with Crippen molar-refractivity contribution >= 4 is 27.5 Å². The van der Waals surface area contributed by atoms with Crippen LogP contribution in [0.2, 0.25) is 0 Å². The number of likely N-dealkylation sites (tertiary alicyclic amines) is 1. The molecular formula is C25H40N4O4S. The van der Waals surface area contributed by atoms with Crippen LogP contribution in [0.4, 0.5) is 5.69 Å². The van der Waals surface area contributed by atoms with Gasteiger partial charge in [-0.1, -0.05) is 32.3 Å². The van der Waals surface area contributed by atoms with E-state index in [9.17, 15) is 18.0 Å². The fourth-order valence-electron chi connectivity index (χ4n) is 4.63. The number of nitrogens with zero attached hydrogens (tertiary/aromatic N) is 2. The van der Waals surface area contributed by atoms with Crippen LogP contribution in [0.15, 0.2) is 23.1 Å². The molecule has 0 aliphatic carbocycles. The first-order chi connectivity index (χ1) is 16.3. The third-order valence-corrected chi connectivity index (χ3v) is 8.74. The third-order valence-electron chi connectivity index (χ3n) is 6.84. The van der Waals surface area contributed by atoms with Crippen LogP contribution >= 0.6 is 0 Å². The first-order valence-electron chi connectivity index (χ1n) is 12.7. The highest BCUT2D eigenvalue weighted by atomic mass is 32.2. The van der Waals surface area contributed by atoms with Gasteiger partial charge in [0.25, 0.3) is 0 Å². The Hall–Kier alpha value is -1.97. The monoisotopic (exact) mass is 492 g/mol. The number of sulfonamides is 1. The van der Waals surface area contributed by atoms with Gasteiger partial charge in [-0.05, 0) is 69.8 Å². The summed E-state index contributed by atoms with van der Waals surface area (Å²) in [6.07, 6.45) is 7.58. The molecule has 2 aliphatic heterocycles. The van der Waals surface area contributed by atoms with Crippen LogP contribution in [0.1, 0.15) is 63.9 Å². The zero-order valence-electron chi connectivity index (χ0n) is 20.6. The average Bonchev–Trinajstić information content (AvgIpc) is 2.84. The second kappa shape index (κ2) is 12.7. The predicted octanol–water partition coefficient (Wildman–Crippen LogP) is 3.13. The summed E-state index contributed by atoms with van der Waals surface area (Å²) in [5.41, 5.74) is 1.36. The van der Waals surface area contributed by atoms with Gasteiger partial charge < -0.3 is 10.6 Å². The summed E-state index contributed by atoms with van der Waals surface area (Å²) in [5, 5.41) is 5.94. The van der Waals surface area contributed by atoms with E-state index >= 15 is 0 Å². The number of carbonyl (C=O) groups is 2. The molecular weight excluding hydrogens is 452 g/mol. The number of hydrogen-bond donors (Lipinski definition) is 2. The number of hydrogen-bond acceptors (Lipinski definition) is 5. The van der Waals surface area contributed by atoms with Gasteiger partial charge >= 0.3 is 0 Å². The van der Waals surface area contributed by atoms with Crippen LogP contribution in [0, 0.1) is 12.8 Å². The van der Waals surface area contributed by atoms with Gasteiger partial charge in [0, 0.05) is 31.2 Å². The molecule has 0 radical (unpaired) electrons. The maximum atomic E-state index is 13.0. The normalized spacial score (nSPS) is 18.5. The van der Waals surface area contributed by atoms with Gasteiger partial charge in [-0.25, -0.2) is 8.42 Å². The van der Waals surface area contributed by atoms with E-state index in [4.69, 9.17) is 0 Å².